The van der Waals surface area contributed by atoms with E-state index in [1.54, 1.807) is 30.3 Å². The monoisotopic (exact) mass is 504 g/mol. The standard InChI is InChI=1S/C24H36N6O6/c1-4-13-36-18-10-8-17(9-11-18)14-20(29-16(2)31)23(34)30-19(7-5-6-12-27-24(25)26)22(33)28-15-21(32)35-3/h4,8-11,19-20H,1,5-7,12-15H2,2-3H3,(H,28,33)(H,29,31)(H,30,34)(H4,25,26,27)/t19-,20-/m0/s1. The lowest BCUT2D eigenvalue weighted by atomic mass is 10.0. The number of rotatable bonds is 16. The van der Waals surface area contributed by atoms with Crippen LogP contribution in [0.5, 0.6) is 5.75 Å². The third kappa shape index (κ3) is 12.4. The van der Waals surface area contributed by atoms with Gasteiger partial charge in [0.25, 0.3) is 0 Å². The van der Waals surface area contributed by atoms with Crippen molar-refractivity contribution in [3.63, 3.8) is 0 Å². The van der Waals surface area contributed by atoms with Crippen molar-refractivity contribution in [2.24, 2.45) is 16.5 Å². The maximum atomic E-state index is 13.1. The van der Waals surface area contributed by atoms with Gasteiger partial charge in [0.15, 0.2) is 5.96 Å². The van der Waals surface area contributed by atoms with Gasteiger partial charge in [-0.2, -0.15) is 0 Å². The molecule has 0 radical (unpaired) electrons. The van der Waals surface area contributed by atoms with Crippen LogP contribution in [0.1, 0.15) is 31.7 Å². The Bertz CT molecular complexity index is 914. The van der Waals surface area contributed by atoms with E-state index < -0.39 is 35.8 Å². The van der Waals surface area contributed by atoms with Gasteiger partial charge in [-0.15, -0.1) is 0 Å². The number of guanidine groups is 1. The van der Waals surface area contributed by atoms with E-state index >= 15 is 0 Å². The van der Waals surface area contributed by atoms with Crippen molar-refractivity contribution in [2.45, 2.75) is 44.7 Å². The average molecular weight is 505 g/mol. The van der Waals surface area contributed by atoms with Crippen LogP contribution in [0.2, 0.25) is 0 Å². The predicted octanol–water partition coefficient (Wildman–Crippen LogP) is -0.484. The van der Waals surface area contributed by atoms with Crippen LogP contribution in [0.4, 0.5) is 0 Å². The van der Waals surface area contributed by atoms with E-state index in [2.05, 4.69) is 32.3 Å². The Morgan fingerprint density at radius 2 is 1.75 bits per heavy atom. The summed E-state index contributed by atoms with van der Waals surface area (Å²) in [5.41, 5.74) is 11.4. The second-order valence-corrected chi connectivity index (χ2v) is 7.86. The molecule has 1 rings (SSSR count). The van der Waals surface area contributed by atoms with E-state index in [1.165, 1.54) is 14.0 Å². The maximum Gasteiger partial charge on any atom is 0.325 e. The second-order valence-electron chi connectivity index (χ2n) is 7.86. The Labute approximate surface area is 210 Å². The molecule has 7 N–H and O–H groups in total. The highest BCUT2D eigenvalue weighted by atomic mass is 16.5. The molecule has 0 aliphatic heterocycles. The summed E-state index contributed by atoms with van der Waals surface area (Å²) in [5, 5.41) is 7.75. The molecule has 198 valence electrons. The van der Waals surface area contributed by atoms with Crippen molar-refractivity contribution in [3.05, 3.63) is 42.5 Å². The minimum Gasteiger partial charge on any atom is -0.490 e. The number of ether oxygens (including phenoxy) is 2. The number of methoxy groups -OCH3 is 1. The fraction of sp³-hybridized carbons (Fsp3) is 0.458. The molecule has 2 atom stereocenters. The van der Waals surface area contributed by atoms with Crippen LogP contribution in [0.3, 0.4) is 0 Å². The summed E-state index contributed by atoms with van der Waals surface area (Å²) in [6, 6.07) is 5.19. The lowest BCUT2D eigenvalue weighted by molar-refractivity contribution is -0.141. The van der Waals surface area contributed by atoms with E-state index in [4.69, 9.17) is 16.2 Å². The molecule has 0 bridgehead atoms. The second kappa shape index (κ2) is 16.5. The number of nitrogens with two attached hydrogens (primary N) is 2. The van der Waals surface area contributed by atoms with Crippen molar-refractivity contribution in [1.29, 1.82) is 0 Å². The molecule has 0 aliphatic carbocycles. The minimum absolute atomic E-state index is 0.0332. The highest BCUT2D eigenvalue weighted by Gasteiger charge is 2.26. The zero-order valence-electron chi connectivity index (χ0n) is 20.7. The molecular weight excluding hydrogens is 468 g/mol. The Morgan fingerprint density at radius 1 is 1.06 bits per heavy atom. The fourth-order valence-electron chi connectivity index (χ4n) is 3.13. The molecule has 1 aromatic rings. The van der Waals surface area contributed by atoms with Crippen LogP contribution in [0.15, 0.2) is 41.9 Å². The lowest BCUT2D eigenvalue weighted by Gasteiger charge is -2.23. The van der Waals surface area contributed by atoms with Gasteiger partial charge < -0.3 is 36.9 Å². The third-order valence-corrected chi connectivity index (χ3v) is 4.89. The molecule has 12 heteroatoms. The molecule has 0 aromatic heterocycles. The highest BCUT2D eigenvalue weighted by Crippen LogP contribution is 2.14. The Balaban J connectivity index is 2.91. The Morgan fingerprint density at radius 3 is 2.33 bits per heavy atom. The SMILES string of the molecule is C=CCOc1ccc(C[C@H](NC(C)=O)C(=O)N[C@@H](CCCCN=C(N)N)C(=O)NCC(=O)OC)cc1. The third-order valence-electron chi connectivity index (χ3n) is 4.89. The summed E-state index contributed by atoms with van der Waals surface area (Å²) < 4.78 is 9.99. The number of amides is 3. The summed E-state index contributed by atoms with van der Waals surface area (Å²) in [6.07, 6.45) is 3.17. The van der Waals surface area contributed by atoms with Gasteiger partial charge in [0.1, 0.15) is 31.0 Å². The van der Waals surface area contributed by atoms with E-state index in [9.17, 15) is 19.2 Å². The number of nitrogens with zero attached hydrogens (tertiary/aromatic N) is 1. The van der Waals surface area contributed by atoms with E-state index in [0.717, 1.165) is 5.56 Å². The lowest BCUT2D eigenvalue weighted by Crippen LogP contribution is -2.54. The molecule has 0 spiro atoms. The highest BCUT2D eigenvalue weighted by molar-refractivity contribution is 5.92. The first-order chi connectivity index (χ1) is 17.2. The van der Waals surface area contributed by atoms with Gasteiger partial charge in [0.2, 0.25) is 17.7 Å². The zero-order valence-corrected chi connectivity index (χ0v) is 20.7. The fourth-order valence-corrected chi connectivity index (χ4v) is 3.13. The summed E-state index contributed by atoms with van der Waals surface area (Å²) in [6.45, 7) is 5.29. The average Bonchev–Trinajstić information content (AvgIpc) is 2.84. The molecule has 0 saturated heterocycles. The van der Waals surface area contributed by atoms with Crippen LogP contribution in [-0.2, 0) is 30.3 Å². The quantitative estimate of drug-likeness (QED) is 0.0656. The van der Waals surface area contributed by atoms with Crippen LogP contribution in [0, 0.1) is 0 Å². The molecule has 0 unspecified atom stereocenters. The summed E-state index contributed by atoms with van der Waals surface area (Å²) in [7, 11) is 1.20. The first-order valence-corrected chi connectivity index (χ1v) is 11.5. The number of benzene rings is 1. The number of carbonyl (C=O) groups is 4. The number of nitrogens with one attached hydrogen (secondary N) is 3. The zero-order chi connectivity index (χ0) is 26.9. The molecule has 12 nitrogen and oxygen atoms in total. The molecule has 0 heterocycles. The van der Waals surface area contributed by atoms with Crippen LogP contribution < -0.4 is 32.2 Å². The molecule has 0 fully saturated rings. The van der Waals surface area contributed by atoms with Crippen molar-refractivity contribution < 1.29 is 28.7 Å². The Hall–Kier alpha value is -4.09. The largest absolute Gasteiger partial charge is 0.490 e. The van der Waals surface area contributed by atoms with Gasteiger partial charge in [-0.1, -0.05) is 24.8 Å². The van der Waals surface area contributed by atoms with Crippen molar-refractivity contribution >= 4 is 29.7 Å². The van der Waals surface area contributed by atoms with Gasteiger partial charge in [-0.05, 0) is 37.0 Å². The molecular formula is C24H36N6O6. The van der Waals surface area contributed by atoms with Crippen LogP contribution in [-0.4, -0.2) is 68.5 Å². The maximum absolute atomic E-state index is 13.1. The van der Waals surface area contributed by atoms with Crippen LogP contribution >= 0.6 is 0 Å². The predicted molar refractivity (Wildman–Crippen MR) is 135 cm³/mol. The number of hydrogen-bond donors (Lipinski definition) is 5. The number of carbonyl (C=O) groups excluding carboxylic acids is 4. The molecule has 3 amide bonds. The number of hydrogen-bond acceptors (Lipinski definition) is 7. The number of esters is 1. The van der Waals surface area contributed by atoms with E-state index in [0.29, 0.717) is 31.7 Å². The summed E-state index contributed by atoms with van der Waals surface area (Å²) in [4.78, 5) is 52.9. The van der Waals surface area contributed by atoms with Crippen molar-refractivity contribution in [3.8, 4) is 5.75 Å². The first-order valence-electron chi connectivity index (χ1n) is 11.5. The number of unbranched alkanes of at least 4 members (excludes halogenated alkanes) is 1. The summed E-state index contributed by atoms with van der Waals surface area (Å²) in [5.74, 6) is -1.51. The Kier molecular flexibility index (Phi) is 13.7. The summed E-state index contributed by atoms with van der Waals surface area (Å²) >= 11 is 0. The molecule has 36 heavy (non-hydrogen) atoms. The van der Waals surface area contributed by atoms with Gasteiger partial charge >= 0.3 is 5.97 Å². The van der Waals surface area contributed by atoms with Crippen LogP contribution in [0.25, 0.3) is 0 Å². The smallest absolute Gasteiger partial charge is 0.325 e. The van der Waals surface area contributed by atoms with Gasteiger partial charge in [-0.3, -0.25) is 24.2 Å². The number of aliphatic imine (C=N–C) groups is 1. The van der Waals surface area contributed by atoms with Crippen molar-refractivity contribution in [2.75, 3.05) is 26.8 Å². The molecule has 0 saturated carbocycles. The topological polar surface area (TPSA) is 187 Å². The van der Waals surface area contributed by atoms with Gasteiger partial charge in [0, 0.05) is 19.9 Å². The van der Waals surface area contributed by atoms with Gasteiger partial charge in [0.05, 0.1) is 7.11 Å². The molecule has 1 aromatic carbocycles. The first kappa shape index (κ1) is 29.9. The van der Waals surface area contributed by atoms with Crippen molar-refractivity contribution in [1.82, 2.24) is 16.0 Å². The van der Waals surface area contributed by atoms with E-state index in [1.807, 2.05) is 0 Å². The normalized spacial score (nSPS) is 11.8. The van der Waals surface area contributed by atoms with E-state index in [-0.39, 0.29) is 25.3 Å². The molecule has 0 aliphatic rings. The van der Waals surface area contributed by atoms with Gasteiger partial charge in [-0.25, -0.2) is 0 Å². The minimum atomic E-state index is -0.952.